The number of rotatable bonds is 17. The molecule has 0 fully saturated rings. The lowest BCUT2D eigenvalue weighted by molar-refractivity contribution is -0.145. The highest BCUT2D eigenvalue weighted by Gasteiger charge is 2.10. The molecule has 0 aromatic carbocycles. The quantitative estimate of drug-likeness (QED) is 0.381. The minimum Gasteiger partial charge on any atom is -0.327 e. The Morgan fingerprint density at radius 3 is 1.48 bits per heavy atom. The number of hydrogen-bond donors (Lipinski definition) is 2. The molecule has 0 aliphatic heterocycles. The minimum absolute atomic E-state index is 0.128. The summed E-state index contributed by atoms with van der Waals surface area (Å²) in [4.78, 5) is 53.8. The van der Waals surface area contributed by atoms with E-state index in [1.165, 1.54) is 70.6 Å². The SMILES string of the molecule is CCCCCCCCCCCCCCCCCC(=O)On1c(=O)[nH]c(=O)[nH]c1=O. The molecule has 8 heteroatoms. The molecule has 0 saturated carbocycles. The number of nitrogens with zero attached hydrogens (tertiary/aromatic N) is 1. The normalized spacial score (nSPS) is 10.9. The van der Waals surface area contributed by atoms with Crippen LogP contribution < -0.4 is 21.9 Å². The first-order chi connectivity index (χ1) is 14.0. The maximum Gasteiger partial charge on any atom is 0.367 e. The molecule has 8 nitrogen and oxygen atoms in total. The predicted molar refractivity (Wildman–Crippen MR) is 113 cm³/mol. The summed E-state index contributed by atoms with van der Waals surface area (Å²) in [6.07, 6.45) is 18.6. The number of carbonyl (C=O) groups excluding carboxylic acids is 1. The van der Waals surface area contributed by atoms with Crippen molar-refractivity contribution in [3.05, 3.63) is 31.5 Å². The van der Waals surface area contributed by atoms with Crippen molar-refractivity contribution in [2.75, 3.05) is 0 Å². The summed E-state index contributed by atoms with van der Waals surface area (Å²) in [5.74, 6) is -0.667. The average molecular weight is 412 g/mol. The molecular formula is C21H37N3O5. The third-order valence-corrected chi connectivity index (χ3v) is 4.99. The summed E-state index contributed by atoms with van der Waals surface area (Å²) in [5.41, 5.74) is -3.07. The highest BCUT2D eigenvalue weighted by Crippen LogP contribution is 2.13. The maximum absolute atomic E-state index is 11.7. The molecule has 0 aliphatic rings. The van der Waals surface area contributed by atoms with Crippen molar-refractivity contribution in [3.8, 4) is 0 Å². The molecule has 1 rings (SSSR count). The largest absolute Gasteiger partial charge is 0.367 e. The standard InChI is InChI=1S/C21H37N3O5/c1-2-3-4-5-6-7-8-9-10-11-12-13-14-15-16-17-18(25)29-24-20(27)22-19(26)23-21(24)28/h2-17H2,1H3,(H2,22,23,26,27,28). The van der Waals surface area contributed by atoms with Gasteiger partial charge in [-0.1, -0.05) is 102 Å². The second kappa shape index (κ2) is 15.8. The Bertz CT molecular complexity index is 701. The molecule has 0 unspecified atom stereocenters. The van der Waals surface area contributed by atoms with Gasteiger partial charge in [0.15, 0.2) is 0 Å². The van der Waals surface area contributed by atoms with Crippen molar-refractivity contribution in [1.29, 1.82) is 0 Å². The van der Waals surface area contributed by atoms with Crippen LogP contribution in [-0.2, 0) is 4.79 Å². The van der Waals surface area contributed by atoms with E-state index in [2.05, 4.69) is 6.92 Å². The van der Waals surface area contributed by atoms with Crippen molar-refractivity contribution in [3.63, 3.8) is 0 Å². The molecule has 2 N–H and O–H groups in total. The molecule has 0 atom stereocenters. The van der Waals surface area contributed by atoms with E-state index in [0.29, 0.717) is 6.42 Å². The fourth-order valence-electron chi connectivity index (χ4n) is 3.29. The molecule has 1 aromatic heterocycles. The van der Waals surface area contributed by atoms with Gasteiger partial charge in [-0.05, 0) is 6.42 Å². The Morgan fingerprint density at radius 1 is 0.690 bits per heavy atom. The van der Waals surface area contributed by atoms with Crippen LogP contribution in [0.5, 0.6) is 0 Å². The van der Waals surface area contributed by atoms with Gasteiger partial charge in [-0.25, -0.2) is 19.2 Å². The topological polar surface area (TPSA) is 114 Å². The van der Waals surface area contributed by atoms with Crippen LogP contribution in [-0.4, -0.2) is 20.7 Å². The first kappa shape index (κ1) is 24.9. The Balaban J connectivity index is 1.95. The van der Waals surface area contributed by atoms with Gasteiger partial charge in [0.05, 0.1) is 0 Å². The third kappa shape index (κ3) is 12.1. The van der Waals surface area contributed by atoms with E-state index in [0.717, 1.165) is 19.3 Å². The van der Waals surface area contributed by atoms with E-state index in [9.17, 15) is 19.2 Å². The van der Waals surface area contributed by atoms with Gasteiger partial charge in [-0.15, -0.1) is 0 Å². The van der Waals surface area contributed by atoms with Gasteiger partial charge >= 0.3 is 23.0 Å². The molecule has 0 aliphatic carbocycles. The number of aromatic nitrogens is 3. The number of hydrogen-bond acceptors (Lipinski definition) is 5. The van der Waals surface area contributed by atoms with Crippen LogP contribution in [0, 0.1) is 0 Å². The molecule has 0 saturated heterocycles. The zero-order valence-electron chi connectivity index (χ0n) is 17.8. The van der Waals surface area contributed by atoms with Gasteiger partial charge in [-0.2, -0.15) is 0 Å². The molecule has 1 aromatic rings. The smallest absolute Gasteiger partial charge is 0.327 e. The van der Waals surface area contributed by atoms with Gasteiger partial charge in [0.25, 0.3) is 0 Å². The lowest BCUT2D eigenvalue weighted by Gasteiger charge is -2.04. The van der Waals surface area contributed by atoms with E-state index in [-0.39, 0.29) is 11.2 Å². The van der Waals surface area contributed by atoms with Crippen LogP contribution in [0.25, 0.3) is 0 Å². The highest BCUT2D eigenvalue weighted by molar-refractivity contribution is 5.69. The minimum atomic E-state index is -1.07. The number of aromatic amines is 2. The van der Waals surface area contributed by atoms with Crippen molar-refractivity contribution in [1.82, 2.24) is 14.7 Å². The van der Waals surface area contributed by atoms with Gasteiger partial charge in [0, 0.05) is 6.42 Å². The third-order valence-electron chi connectivity index (χ3n) is 4.99. The zero-order valence-corrected chi connectivity index (χ0v) is 17.8. The molecule has 29 heavy (non-hydrogen) atoms. The monoisotopic (exact) mass is 411 g/mol. The van der Waals surface area contributed by atoms with E-state index < -0.39 is 23.0 Å². The molecule has 0 amide bonds. The lowest BCUT2D eigenvalue weighted by atomic mass is 10.0. The highest BCUT2D eigenvalue weighted by atomic mass is 16.7. The van der Waals surface area contributed by atoms with Crippen LogP contribution in [0.4, 0.5) is 0 Å². The Kier molecular flexibility index (Phi) is 13.5. The van der Waals surface area contributed by atoms with Crippen LogP contribution in [0.2, 0.25) is 0 Å². The van der Waals surface area contributed by atoms with Crippen molar-refractivity contribution in [2.45, 2.75) is 110 Å². The Labute approximate surface area is 172 Å². The first-order valence-electron chi connectivity index (χ1n) is 11.2. The summed E-state index contributed by atoms with van der Waals surface area (Å²) in [5, 5.41) is 0. The Hall–Kier alpha value is -2.12. The zero-order chi connectivity index (χ0) is 21.3. The summed E-state index contributed by atoms with van der Waals surface area (Å²) in [7, 11) is 0. The molecular weight excluding hydrogens is 374 g/mol. The summed E-state index contributed by atoms with van der Waals surface area (Å²) >= 11 is 0. The van der Waals surface area contributed by atoms with E-state index >= 15 is 0 Å². The maximum atomic E-state index is 11.7. The Morgan fingerprint density at radius 2 is 1.07 bits per heavy atom. The van der Waals surface area contributed by atoms with Crippen molar-refractivity contribution in [2.24, 2.45) is 0 Å². The van der Waals surface area contributed by atoms with Crippen molar-refractivity contribution < 1.29 is 9.63 Å². The number of unbranched alkanes of at least 4 members (excludes halogenated alkanes) is 14. The first-order valence-corrected chi connectivity index (χ1v) is 11.2. The lowest BCUT2D eigenvalue weighted by Crippen LogP contribution is -2.47. The summed E-state index contributed by atoms with van der Waals surface area (Å²) in [6, 6.07) is 0. The van der Waals surface area contributed by atoms with Crippen LogP contribution in [0.1, 0.15) is 110 Å². The van der Waals surface area contributed by atoms with Gasteiger partial charge < -0.3 is 4.84 Å². The molecule has 0 radical (unpaired) electrons. The molecule has 0 spiro atoms. The molecule has 166 valence electrons. The van der Waals surface area contributed by atoms with Crippen LogP contribution in [0.15, 0.2) is 14.4 Å². The summed E-state index contributed by atoms with van der Waals surface area (Å²) < 4.78 is 0.231. The van der Waals surface area contributed by atoms with Crippen LogP contribution in [0.3, 0.4) is 0 Å². The van der Waals surface area contributed by atoms with Gasteiger partial charge in [-0.3, -0.25) is 9.97 Å². The van der Waals surface area contributed by atoms with E-state index in [4.69, 9.17) is 4.84 Å². The number of carbonyl (C=O) groups is 1. The average Bonchev–Trinajstić information content (AvgIpc) is 2.67. The fraction of sp³-hybridized carbons (Fsp3) is 0.810. The van der Waals surface area contributed by atoms with E-state index in [1.807, 2.05) is 9.97 Å². The second-order valence-corrected chi connectivity index (χ2v) is 7.65. The predicted octanol–water partition coefficient (Wildman–Crippen LogP) is 3.44. The number of nitrogens with one attached hydrogen (secondary N) is 2. The molecule has 0 bridgehead atoms. The van der Waals surface area contributed by atoms with E-state index in [1.54, 1.807) is 0 Å². The van der Waals surface area contributed by atoms with Crippen molar-refractivity contribution >= 4 is 5.97 Å². The number of H-pyrrole nitrogens is 2. The summed E-state index contributed by atoms with van der Waals surface area (Å²) in [6.45, 7) is 2.25. The van der Waals surface area contributed by atoms with Gasteiger partial charge in [0.2, 0.25) is 0 Å². The van der Waals surface area contributed by atoms with Crippen LogP contribution >= 0.6 is 0 Å². The fourth-order valence-corrected chi connectivity index (χ4v) is 3.29. The second-order valence-electron chi connectivity index (χ2n) is 7.65. The van der Waals surface area contributed by atoms with Gasteiger partial charge in [0.1, 0.15) is 0 Å². The molecule has 1 heterocycles.